The Bertz CT molecular complexity index is 591. The van der Waals surface area contributed by atoms with E-state index in [0.29, 0.717) is 11.7 Å². The number of halogens is 1. The van der Waals surface area contributed by atoms with Crippen molar-refractivity contribution >= 4 is 34.4 Å². The molecule has 0 fully saturated rings. The average molecular weight is 307 g/mol. The summed E-state index contributed by atoms with van der Waals surface area (Å²) in [6.45, 7) is 2.45. The molecule has 20 heavy (non-hydrogen) atoms. The van der Waals surface area contributed by atoms with Crippen molar-refractivity contribution in [3.8, 4) is 0 Å². The third-order valence-corrected chi connectivity index (χ3v) is 3.78. The Morgan fingerprint density at radius 3 is 2.70 bits per heavy atom. The van der Waals surface area contributed by atoms with Crippen molar-refractivity contribution in [2.75, 3.05) is 0 Å². The minimum Gasteiger partial charge on any atom is -0.357 e. The van der Waals surface area contributed by atoms with E-state index in [-0.39, 0.29) is 5.82 Å². The molecule has 3 nitrogen and oxygen atoms in total. The summed E-state index contributed by atoms with van der Waals surface area (Å²) >= 11 is 6.75. The maximum absolute atomic E-state index is 12.8. The third kappa shape index (κ3) is 4.40. The standard InChI is InChI=1S/C14H14FN3S2/c1-10(13-3-2-8-20-13)17-18-14(19)16-9-11-4-6-12(15)7-5-11/h2-8H,9H2,1H3,(H2,16,18,19)/b17-10-. The first-order valence-corrected chi connectivity index (χ1v) is 7.30. The lowest BCUT2D eigenvalue weighted by Crippen LogP contribution is -2.32. The van der Waals surface area contributed by atoms with Crippen LogP contribution < -0.4 is 10.7 Å². The normalized spacial score (nSPS) is 11.2. The molecule has 0 unspecified atom stereocenters. The second-order valence-electron chi connectivity index (χ2n) is 4.10. The van der Waals surface area contributed by atoms with Crippen molar-refractivity contribution in [3.05, 3.63) is 58.0 Å². The number of hydrazone groups is 1. The van der Waals surface area contributed by atoms with Crippen LogP contribution in [0.4, 0.5) is 4.39 Å². The molecule has 0 atom stereocenters. The number of benzene rings is 1. The van der Waals surface area contributed by atoms with Crippen molar-refractivity contribution in [1.82, 2.24) is 10.7 Å². The molecule has 2 N–H and O–H groups in total. The van der Waals surface area contributed by atoms with Gasteiger partial charge in [-0.05, 0) is 48.3 Å². The first-order chi connectivity index (χ1) is 9.65. The van der Waals surface area contributed by atoms with Crippen LogP contribution in [0.15, 0.2) is 46.9 Å². The summed E-state index contributed by atoms with van der Waals surface area (Å²) in [6, 6.07) is 10.2. The van der Waals surface area contributed by atoms with Crippen LogP contribution in [-0.2, 0) is 6.54 Å². The lowest BCUT2D eigenvalue weighted by molar-refractivity contribution is 0.626. The molecule has 0 bridgehead atoms. The highest BCUT2D eigenvalue weighted by Gasteiger charge is 1.99. The maximum Gasteiger partial charge on any atom is 0.187 e. The third-order valence-electron chi connectivity index (χ3n) is 2.57. The largest absolute Gasteiger partial charge is 0.357 e. The summed E-state index contributed by atoms with van der Waals surface area (Å²) in [5.74, 6) is -0.245. The van der Waals surface area contributed by atoms with Crippen molar-refractivity contribution in [1.29, 1.82) is 0 Å². The monoisotopic (exact) mass is 307 g/mol. The Hall–Kier alpha value is -1.79. The van der Waals surface area contributed by atoms with Gasteiger partial charge in [-0.1, -0.05) is 18.2 Å². The second kappa shape index (κ2) is 7.12. The summed E-state index contributed by atoms with van der Waals surface area (Å²) < 4.78 is 12.8. The van der Waals surface area contributed by atoms with Crippen LogP contribution in [0.3, 0.4) is 0 Å². The Labute approximate surface area is 126 Å². The zero-order valence-corrected chi connectivity index (χ0v) is 12.5. The number of hydrogen-bond donors (Lipinski definition) is 2. The zero-order chi connectivity index (χ0) is 14.4. The molecular weight excluding hydrogens is 293 g/mol. The fourth-order valence-electron chi connectivity index (χ4n) is 1.50. The van der Waals surface area contributed by atoms with Gasteiger partial charge in [0, 0.05) is 11.4 Å². The minimum atomic E-state index is -0.245. The number of hydrogen-bond acceptors (Lipinski definition) is 3. The number of rotatable bonds is 4. The molecule has 1 heterocycles. The highest BCUT2D eigenvalue weighted by Crippen LogP contribution is 2.09. The first kappa shape index (κ1) is 14.6. The SMILES string of the molecule is C/C(=N/NC(=S)NCc1ccc(F)cc1)c1cccs1. The Balaban J connectivity index is 1.81. The van der Waals surface area contributed by atoms with E-state index in [1.165, 1.54) is 12.1 Å². The van der Waals surface area contributed by atoms with E-state index < -0.39 is 0 Å². The molecule has 1 aromatic heterocycles. The molecular formula is C14H14FN3S2. The van der Waals surface area contributed by atoms with E-state index in [2.05, 4.69) is 15.8 Å². The highest BCUT2D eigenvalue weighted by atomic mass is 32.1. The molecule has 1 aromatic carbocycles. The quantitative estimate of drug-likeness (QED) is 0.517. The van der Waals surface area contributed by atoms with Gasteiger partial charge in [0.15, 0.2) is 5.11 Å². The van der Waals surface area contributed by atoms with Crippen molar-refractivity contribution in [2.45, 2.75) is 13.5 Å². The summed E-state index contributed by atoms with van der Waals surface area (Å²) in [7, 11) is 0. The molecule has 2 aromatic rings. The van der Waals surface area contributed by atoms with Gasteiger partial charge in [-0.2, -0.15) is 5.10 Å². The van der Waals surface area contributed by atoms with E-state index in [1.54, 1.807) is 23.5 Å². The lowest BCUT2D eigenvalue weighted by atomic mass is 10.2. The molecule has 0 spiro atoms. The fraction of sp³-hybridized carbons (Fsp3) is 0.143. The van der Waals surface area contributed by atoms with Crippen molar-refractivity contribution < 1.29 is 4.39 Å². The maximum atomic E-state index is 12.8. The van der Waals surface area contributed by atoms with Gasteiger partial charge in [-0.3, -0.25) is 5.43 Å². The average Bonchev–Trinajstić information content (AvgIpc) is 2.98. The van der Waals surface area contributed by atoms with Gasteiger partial charge < -0.3 is 5.32 Å². The smallest absolute Gasteiger partial charge is 0.187 e. The number of nitrogens with zero attached hydrogens (tertiary/aromatic N) is 1. The molecule has 104 valence electrons. The molecule has 0 amide bonds. The van der Waals surface area contributed by atoms with Crippen LogP contribution >= 0.6 is 23.6 Å². The number of thiophene rings is 1. The summed E-state index contributed by atoms with van der Waals surface area (Å²) in [6.07, 6.45) is 0. The van der Waals surface area contributed by atoms with Gasteiger partial charge in [0.1, 0.15) is 5.82 Å². The van der Waals surface area contributed by atoms with Gasteiger partial charge >= 0.3 is 0 Å². The van der Waals surface area contributed by atoms with Gasteiger partial charge in [0.25, 0.3) is 0 Å². The topological polar surface area (TPSA) is 36.4 Å². The van der Waals surface area contributed by atoms with Gasteiger partial charge in [0.2, 0.25) is 0 Å². The Morgan fingerprint density at radius 1 is 1.30 bits per heavy atom. The van der Waals surface area contributed by atoms with Crippen LogP contribution in [0.25, 0.3) is 0 Å². The molecule has 0 aliphatic rings. The predicted octanol–water partition coefficient (Wildman–Crippen LogP) is 3.28. The molecule has 0 saturated heterocycles. The van der Waals surface area contributed by atoms with E-state index in [4.69, 9.17) is 12.2 Å². The lowest BCUT2D eigenvalue weighted by Gasteiger charge is -2.07. The summed E-state index contributed by atoms with van der Waals surface area (Å²) in [5, 5.41) is 9.65. The van der Waals surface area contributed by atoms with Crippen LogP contribution in [0, 0.1) is 5.82 Å². The van der Waals surface area contributed by atoms with E-state index >= 15 is 0 Å². The second-order valence-corrected chi connectivity index (χ2v) is 5.45. The zero-order valence-electron chi connectivity index (χ0n) is 10.9. The Morgan fingerprint density at radius 2 is 2.05 bits per heavy atom. The van der Waals surface area contributed by atoms with E-state index in [1.807, 2.05) is 24.4 Å². The highest BCUT2D eigenvalue weighted by molar-refractivity contribution is 7.80. The number of nitrogens with one attached hydrogen (secondary N) is 2. The van der Waals surface area contributed by atoms with Gasteiger partial charge in [-0.15, -0.1) is 11.3 Å². The van der Waals surface area contributed by atoms with Crippen LogP contribution in [0.5, 0.6) is 0 Å². The minimum absolute atomic E-state index is 0.245. The molecule has 0 radical (unpaired) electrons. The number of thiocarbonyl (C=S) groups is 1. The van der Waals surface area contributed by atoms with Gasteiger partial charge in [0.05, 0.1) is 5.71 Å². The van der Waals surface area contributed by atoms with Crippen LogP contribution in [0.1, 0.15) is 17.4 Å². The predicted molar refractivity (Wildman–Crippen MR) is 85.5 cm³/mol. The molecule has 0 aliphatic heterocycles. The summed E-state index contributed by atoms with van der Waals surface area (Å²) in [5.41, 5.74) is 4.63. The van der Waals surface area contributed by atoms with E-state index in [9.17, 15) is 4.39 Å². The summed E-state index contributed by atoms with van der Waals surface area (Å²) in [4.78, 5) is 1.10. The van der Waals surface area contributed by atoms with Crippen molar-refractivity contribution in [2.24, 2.45) is 5.10 Å². The molecule has 6 heteroatoms. The first-order valence-electron chi connectivity index (χ1n) is 6.01. The van der Waals surface area contributed by atoms with Crippen molar-refractivity contribution in [3.63, 3.8) is 0 Å². The fourth-order valence-corrected chi connectivity index (χ4v) is 2.29. The molecule has 2 rings (SSSR count). The van der Waals surface area contributed by atoms with Crippen LogP contribution in [-0.4, -0.2) is 10.8 Å². The Kier molecular flexibility index (Phi) is 5.20. The van der Waals surface area contributed by atoms with Gasteiger partial charge in [-0.25, -0.2) is 4.39 Å². The van der Waals surface area contributed by atoms with E-state index in [0.717, 1.165) is 16.2 Å². The molecule has 0 saturated carbocycles. The molecule has 0 aliphatic carbocycles. The van der Waals surface area contributed by atoms with Crippen LogP contribution in [0.2, 0.25) is 0 Å².